The Balaban J connectivity index is 2.01. The zero-order chi connectivity index (χ0) is 14.5. The number of hydrogen-bond donors (Lipinski definition) is 1. The SMILES string of the molecule is COc1ccc(C(N)C(C)N2CCCC(C)CC2)cc1. The highest BCUT2D eigenvalue weighted by Gasteiger charge is 2.24. The molecule has 0 amide bonds. The summed E-state index contributed by atoms with van der Waals surface area (Å²) in [4.78, 5) is 2.55. The van der Waals surface area contributed by atoms with E-state index in [2.05, 4.69) is 30.9 Å². The van der Waals surface area contributed by atoms with E-state index in [1.807, 2.05) is 12.1 Å². The molecule has 1 fully saturated rings. The van der Waals surface area contributed by atoms with Crippen LogP contribution < -0.4 is 10.5 Å². The van der Waals surface area contributed by atoms with Crippen molar-refractivity contribution in [2.75, 3.05) is 20.2 Å². The number of benzene rings is 1. The standard InChI is InChI=1S/C17H28N2O/c1-13-5-4-11-19(12-10-13)14(2)17(18)15-6-8-16(20-3)9-7-15/h6-9,13-14,17H,4-5,10-12,18H2,1-3H3. The Hall–Kier alpha value is -1.06. The molecule has 3 heteroatoms. The molecule has 0 spiro atoms. The Morgan fingerprint density at radius 2 is 1.90 bits per heavy atom. The van der Waals surface area contributed by atoms with Crippen molar-refractivity contribution < 1.29 is 4.74 Å². The maximum atomic E-state index is 6.46. The Morgan fingerprint density at radius 1 is 1.20 bits per heavy atom. The summed E-state index contributed by atoms with van der Waals surface area (Å²) >= 11 is 0. The fourth-order valence-electron chi connectivity index (χ4n) is 3.02. The van der Waals surface area contributed by atoms with Gasteiger partial charge < -0.3 is 10.5 Å². The molecule has 1 aromatic rings. The summed E-state index contributed by atoms with van der Waals surface area (Å²) in [5, 5.41) is 0. The van der Waals surface area contributed by atoms with Crippen LogP contribution in [0.2, 0.25) is 0 Å². The molecule has 1 aromatic carbocycles. The predicted molar refractivity (Wildman–Crippen MR) is 84.0 cm³/mol. The number of ether oxygens (including phenoxy) is 1. The van der Waals surface area contributed by atoms with Gasteiger partial charge in [-0.25, -0.2) is 0 Å². The second kappa shape index (κ2) is 7.09. The van der Waals surface area contributed by atoms with Crippen LogP contribution in [0.4, 0.5) is 0 Å². The van der Waals surface area contributed by atoms with Crippen LogP contribution in [0.5, 0.6) is 5.75 Å². The first-order valence-corrected chi connectivity index (χ1v) is 7.75. The normalized spacial score (nSPS) is 23.9. The maximum absolute atomic E-state index is 6.46. The van der Waals surface area contributed by atoms with Crippen LogP contribution in [-0.4, -0.2) is 31.1 Å². The van der Waals surface area contributed by atoms with Gasteiger partial charge in [-0.3, -0.25) is 4.90 Å². The summed E-state index contributed by atoms with van der Waals surface area (Å²) in [6, 6.07) is 8.60. The number of nitrogens with two attached hydrogens (primary N) is 1. The highest BCUT2D eigenvalue weighted by atomic mass is 16.5. The Morgan fingerprint density at radius 3 is 2.55 bits per heavy atom. The van der Waals surface area contributed by atoms with Crippen LogP contribution >= 0.6 is 0 Å². The quantitative estimate of drug-likeness (QED) is 0.917. The molecular weight excluding hydrogens is 248 g/mol. The fraction of sp³-hybridized carbons (Fsp3) is 0.647. The molecule has 1 saturated heterocycles. The minimum atomic E-state index is 0.0642. The molecule has 0 saturated carbocycles. The minimum absolute atomic E-state index is 0.0642. The Labute approximate surface area is 123 Å². The van der Waals surface area contributed by atoms with Gasteiger partial charge in [0.2, 0.25) is 0 Å². The fourth-order valence-corrected chi connectivity index (χ4v) is 3.02. The molecule has 20 heavy (non-hydrogen) atoms. The van der Waals surface area contributed by atoms with Gasteiger partial charge in [-0.1, -0.05) is 19.1 Å². The van der Waals surface area contributed by atoms with Crippen molar-refractivity contribution in [1.29, 1.82) is 0 Å². The van der Waals surface area contributed by atoms with E-state index in [-0.39, 0.29) is 6.04 Å². The number of hydrogen-bond acceptors (Lipinski definition) is 3. The van der Waals surface area contributed by atoms with Crippen LogP contribution in [0.3, 0.4) is 0 Å². The molecule has 1 aliphatic heterocycles. The lowest BCUT2D eigenvalue weighted by atomic mass is 9.99. The van der Waals surface area contributed by atoms with E-state index in [1.165, 1.54) is 37.9 Å². The third-order valence-corrected chi connectivity index (χ3v) is 4.65. The zero-order valence-electron chi connectivity index (χ0n) is 13.0. The van der Waals surface area contributed by atoms with Gasteiger partial charge in [0.1, 0.15) is 5.75 Å². The smallest absolute Gasteiger partial charge is 0.118 e. The number of rotatable bonds is 4. The molecule has 3 nitrogen and oxygen atoms in total. The molecule has 1 heterocycles. The number of nitrogens with zero attached hydrogens (tertiary/aromatic N) is 1. The van der Waals surface area contributed by atoms with Gasteiger partial charge in [-0.05, 0) is 62.9 Å². The van der Waals surface area contributed by atoms with E-state index in [9.17, 15) is 0 Å². The lowest BCUT2D eigenvalue weighted by molar-refractivity contribution is 0.189. The predicted octanol–water partition coefficient (Wildman–Crippen LogP) is 3.21. The van der Waals surface area contributed by atoms with Gasteiger partial charge in [0.15, 0.2) is 0 Å². The van der Waals surface area contributed by atoms with Gasteiger partial charge in [0.05, 0.1) is 7.11 Å². The van der Waals surface area contributed by atoms with Gasteiger partial charge >= 0.3 is 0 Å². The van der Waals surface area contributed by atoms with Crippen LogP contribution in [-0.2, 0) is 0 Å². The summed E-state index contributed by atoms with van der Waals surface area (Å²) in [6.45, 7) is 6.96. The lowest BCUT2D eigenvalue weighted by Gasteiger charge is -2.32. The molecule has 1 aliphatic rings. The third-order valence-electron chi connectivity index (χ3n) is 4.65. The number of methoxy groups -OCH3 is 1. The largest absolute Gasteiger partial charge is 0.497 e. The Bertz CT molecular complexity index is 404. The lowest BCUT2D eigenvalue weighted by Crippen LogP contribution is -2.41. The van der Waals surface area contributed by atoms with E-state index in [0.717, 1.165) is 11.7 Å². The topological polar surface area (TPSA) is 38.5 Å². The van der Waals surface area contributed by atoms with Crippen LogP contribution in [0.25, 0.3) is 0 Å². The maximum Gasteiger partial charge on any atom is 0.118 e. The average Bonchev–Trinajstić information content (AvgIpc) is 2.70. The molecule has 112 valence electrons. The van der Waals surface area contributed by atoms with E-state index in [4.69, 9.17) is 10.5 Å². The van der Waals surface area contributed by atoms with Crippen LogP contribution in [0.15, 0.2) is 24.3 Å². The number of likely N-dealkylation sites (tertiary alicyclic amines) is 1. The zero-order valence-corrected chi connectivity index (χ0v) is 13.0. The van der Waals surface area contributed by atoms with Gasteiger partial charge in [-0.15, -0.1) is 0 Å². The van der Waals surface area contributed by atoms with E-state index >= 15 is 0 Å². The minimum Gasteiger partial charge on any atom is -0.497 e. The summed E-state index contributed by atoms with van der Waals surface area (Å²) in [5.74, 6) is 1.74. The molecule has 0 aromatic heterocycles. The average molecular weight is 276 g/mol. The molecule has 0 bridgehead atoms. The summed E-state index contributed by atoms with van der Waals surface area (Å²) in [5.41, 5.74) is 7.65. The van der Waals surface area contributed by atoms with Crippen molar-refractivity contribution in [2.24, 2.45) is 11.7 Å². The second-order valence-corrected chi connectivity index (χ2v) is 6.11. The van der Waals surface area contributed by atoms with E-state index < -0.39 is 0 Å². The van der Waals surface area contributed by atoms with Gasteiger partial charge in [0, 0.05) is 12.1 Å². The summed E-state index contributed by atoms with van der Waals surface area (Å²) in [6.07, 6.45) is 3.93. The van der Waals surface area contributed by atoms with Crippen LogP contribution in [0, 0.1) is 5.92 Å². The van der Waals surface area contributed by atoms with E-state index in [0.29, 0.717) is 6.04 Å². The first-order valence-electron chi connectivity index (χ1n) is 7.75. The second-order valence-electron chi connectivity index (χ2n) is 6.11. The van der Waals surface area contributed by atoms with Crippen molar-refractivity contribution in [3.05, 3.63) is 29.8 Å². The van der Waals surface area contributed by atoms with Crippen molar-refractivity contribution in [3.63, 3.8) is 0 Å². The first-order chi connectivity index (χ1) is 9.61. The Kier molecular flexibility index (Phi) is 5.44. The first kappa shape index (κ1) is 15.3. The molecule has 0 aliphatic carbocycles. The van der Waals surface area contributed by atoms with Crippen LogP contribution in [0.1, 0.15) is 44.7 Å². The molecule has 3 unspecified atom stereocenters. The summed E-state index contributed by atoms with van der Waals surface area (Å²) < 4.78 is 5.20. The summed E-state index contributed by atoms with van der Waals surface area (Å²) in [7, 11) is 1.69. The van der Waals surface area contributed by atoms with Gasteiger partial charge in [0.25, 0.3) is 0 Å². The van der Waals surface area contributed by atoms with Gasteiger partial charge in [-0.2, -0.15) is 0 Å². The highest BCUT2D eigenvalue weighted by molar-refractivity contribution is 5.29. The van der Waals surface area contributed by atoms with E-state index in [1.54, 1.807) is 7.11 Å². The van der Waals surface area contributed by atoms with Crippen molar-refractivity contribution >= 4 is 0 Å². The molecule has 2 rings (SSSR count). The molecule has 3 atom stereocenters. The van der Waals surface area contributed by atoms with Crippen molar-refractivity contribution in [3.8, 4) is 5.75 Å². The highest BCUT2D eigenvalue weighted by Crippen LogP contribution is 2.24. The monoisotopic (exact) mass is 276 g/mol. The molecular formula is C17H28N2O. The molecule has 0 radical (unpaired) electrons. The molecule has 2 N–H and O–H groups in total. The third kappa shape index (κ3) is 3.74. The van der Waals surface area contributed by atoms with Crippen molar-refractivity contribution in [1.82, 2.24) is 4.90 Å². The van der Waals surface area contributed by atoms with Crippen molar-refractivity contribution in [2.45, 2.75) is 45.2 Å².